The second-order valence-electron chi connectivity index (χ2n) is 5.09. The van der Waals surface area contributed by atoms with Gasteiger partial charge in [0.2, 0.25) is 11.7 Å². The van der Waals surface area contributed by atoms with Gasteiger partial charge < -0.3 is 14.0 Å². The van der Waals surface area contributed by atoms with Crippen LogP contribution in [0.25, 0.3) is 11.4 Å². The van der Waals surface area contributed by atoms with Gasteiger partial charge in [-0.05, 0) is 19.1 Å². The maximum Gasteiger partial charge on any atom is 0.311 e. The predicted octanol–water partition coefficient (Wildman–Crippen LogP) is 3.60. The third kappa shape index (κ3) is 4.61. The zero-order valence-corrected chi connectivity index (χ0v) is 15.9. The smallest absolute Gasteiger partial charge is 0.311 e. The van der Waals surface area contributed by atoms with Crippen LogP contribution < -0.4 is 4.74 Å². The first-order valence-electron chi connectivity index (χ1n) is 7.88. The number of thioether (sulfide) groups is 1. The number of rotatable bonds is 8. The molecule has 136 valence electrons. The summed E-state index contributed by atoms with van der Waals surface area (Å²) >= 11 is 2.95. The molecule has 0 N–H and O–H groups in total. The van der Waals surface area contributed by atoms with Crippen LogP contribution in [0.4, 0.5) is 0 Å². The van der Waals surface area contributed by atoms with Crippen LogP contribution in [0.2, 0.25) is 0 Å². The van der Waals surface area contributed by atoms with Crippen LogP contribution in [-0.2, 0) is 21.7 Å². The number of thiazole rings is 1. The molecule has 0 amide bonds. The molecule has 0 aliphatic rings. The van der Waals surface area contributed by atoms with Crippen molar-refractivity contribution >= 4 is 29.1 Å². The quantitative estimate of drug-likeness (QED) is 0.425. The van der Waals surface area contributed by atoms with Gasteiger partial charge in [-0.3, -0.25) is 4.79 Å². The molecule has 9 heteroatoms. The number of nitrogens with zero attached hydrogens (tertiary/aromatic N) is 3. The molecule has 3 aromatic rings. The zero-order chi connectivity index (χ0) is 18.4. The fourth-order valence-electron chi connectivity index (χ4n) is 2.17. The van der Waals surface area contributed by atoms with Crippen molar-refractivity contribution in [3.05, 3.63) is 41.2 Å². The minimum Gasteiger partial charge on any atom is -0.496 e. The number of benzene rings is 1. The Hall–Kier alpha value is -2.39. The van der Waals surface area contributed by atoms with Gasteiger partial charge in [0.15, 0.2) is 4.34 Å². The Bertz CT molecular complexity index is 878. The van der Waals surface area contributed by atoms with Crippen molar-refractivity contribution in [3.63, 3.8) is 0 Å². The maximum atomic E-state index is 11.5. The number of carbonyl (C=O) groups is 1. The van der Waals surface area contributed by atoms with E-state index < -0.39 is 0 Å². The largest absolute Gasteiger partial charge is 0.496 e. The minimum absolute atomic E-state index is 0.184. The summed E-state index contributed by atoms with van der Waals surface area (Å²) in [6.07, 6.45) is 0.184. The summed E-state index contributed by atoms with van der Waals surface area (Å²) in [5.74, 6) is 1.90. The first kappa shape index (κ1) is 18.4. The molecule has 0 radical (unpaired) electrons. The van der Waals surface area contributed by atoms with E-state index in [1.807, 2.05) is 29.6 Å². The van der Waals surface area contributed by atoms with Crippen molar-refractivity contribution < 1.29 is 18.8 Å². The van der Waals surface area contributed by atoms with Crippen molar-refractivity contribution in [2.75, 3.05) is 13.7 Å². The van der Waals surface area contributed by atoms with E-state index in [1.165, 1.54) is 23.1 Å². The molecule has 0 saturated heterocycles. The number of hydrogen-bond acceptors (Lipinski definition) is 9. The Morgan fingerprint density at radius 3 is 2.96 bits per heavy atom. The van der Waals surface area contributed by atoms with Crippen molar-refractivity contribution in [3.8, 4) is 17.1 Å². The zero-order valence-electron chi connectivity index (χ0n) is 14.3. The van der Waals surface area contributed by atoms with E-state index in [-0.39, 0.29) is 12.4 Å². The molecule has 2 aromatic heterocycles. The first-order valence-corrected chi connectivity index (χ1v) is 9.75. The minimum atomic E-state index is -0.271. The molecule has 3 rings (SSSR count). The third-order valence-corrected chi connectivity index (χ3v) is 5.35. The molecule has 0 spiro atoms. The van der Waals surface area contributed by atoms with Crippen molar-refractivity contribution in [2.24, 2.45) is 0 Å². The fourth-order valence-corrected chi connectivity index (χ4v) is 3.85. The Morgan fingerprint density at radius 1 is 1.31 bits per heavy atom. The van der Waals surface area contributed by atoms with Crippen LogP contribution in [-0.4, -0.2) is 34.8 Å². The average Bonchev–Trinajstić information content (AvgIpc) is 3.29. The third-order valence-electron chi connectivity index (χ3n) is 3.30. The summed E-state index contributed by atoms with van der Waals surface area (Å²) in [5, 5.41) is 5.87. The lowest BCUT2D eigenvalue weighted by atomic mass is 10.2. The van der Waals surface area contributed by atoms with Gasteiger partial charge in [-0.1, -0.05) is 29.1 Å². The van der Waals surface area contributed by atoms with Crippen LogP contribution in [0, 0.1) is 0 Å². The molecule has 0 atom stereocenters. The summed E-state index contributed by atoms with van der Waals surface area (Å²) in [6, 6.07) is 7.50. The standard InChI is InChI=1S/C17H17N3O4S2/c1-3-23-15(21)8-11-9-25-17(18-11)26-10-14-19-16(20-24-14)12-6-4-5-7-13(12)22-2/h4-7,9H,3,8,10H2,1-2H3. The lowest BCUT2D eigenvalue weighted by molar-refractivity contribution is -0.142. The molecular formula is C17H17N3O4S2. The van der Waals surface area contributed by atoms with Crippen LogP contribution >= 0.6 is 23.1 Å². The van der Waals surface area contributed by atoms with E-state index in [0.717, 1.165) is 9.90 Å². The van der Waals surface area contributed by atoms with E-state index in [0.29, 0.717) is 35.5 Å². The first-order chi connectivity index (χ1) is 12.7. The van der Waals surface area contributed by atoms with Gasteiger partial charge in [0.1, 0.15) is 5.75 Å². The van der Waals surface area contributed by atoms with E-state index in [9.17, 15) is 4.79 Å². The summed E-state index contributed by atoms with van der Waals surface area (Å²) < 4.78 is 16.4. The van der Waals surface area contributed by atoms with E-state index in [4.69, 9.17) is 14.0 Å². The Morgan fingerprint density at radius 2 is 2.15 bits per heavy atom. The van der Waals surface area contributed by atoms with Gasteiger partial charge in [0, 0.05) is 5.38 Å². The number of para-hydroxylation sites is 1. The lowest BCUT2D eigenvalue weighted by Crippen LogP contribution is -2.07. The van der Waals surface area contributed by atoms with Crippen LogP contribution in [0.15, 0.2) is 38.5 Å². The highest BCUT2D eigenvalue weighted by molar-refractivity contribution is 8.00. The van der Waals surface area contributed by atoms with Crippen LogP contribution in [0.3, 0.4) is 0 Å². The number of hydrogen-bond donors (Lipinski definition) is 0. The van der Waals surface area contributed by atoms with E-state index in [1.54, 1.807) is 14.0 Å². The number of aromatic nitrogens is 3. The summed E-state index contributed by atoms with van der Waals surface area (Å²) in [5.41, 5.74) is 1.48. The SMILES string of the molecule is CCOC(=O)Cc1csc(SCc2nc(-c3ccccc3OC)no2)n1. The van der Waals surface area contributed by atoms with Gasteiger partial charge >= 0.3 is 5.97 Å². The topological polar surface area (TPSA) is 87.3 Å². The molecule has 0 saturated carbocycles. The molecule has 0 unspecified atom stereocenters. The number of esters is 1. The second kappa shape index (κ2) is 8.81. The number of carbonyl (C=O) groups excluding carboxylic acids is 1. The van der Waals surface area contributed by atoms with E-state index in [2.05, 4.69) is 15.1 Å². The van der Waals surface area contributed by atoms with Gasteiger partial charge in [-0.15, -0.1) is 11.3 Å². The Labute approximate surface area is 158 Å². The summed E-state index contributed by atoms with van der Waals surface area (Å²) in [7, 11) is 1.60. The van der Waals surface area contributed by atoms with Gasteiger partial charge in [-0.25, -0.2) is 4.98 Å². The number of methoxy groups -OCH3 is 1. The lowest BCUT2D eigenvalue weighted by Gasteiger charge is -2.02. The van der Waals surface area contributed by atoms with Crippen LogP contribution in [0.5, 0.6) is 5.75 Å². The van der Waals surface area contributed by atoms with Gasteiger partial charge in [-0.2, -0.15) is 4.98 Å². The Kier molecular flexibility index (Phi) is 6.24. The summed E-state index contributed by atoms with van der Waals surface area (Å²) in [4.78, 5) is 20.3. The van der Waals surface area contributed by atoms with Crippen molar-refractivity contribution in [1.29, 1.82) is 0 Å². The molecular weight excluding hydrogens is 374 g/mol. The Balaban J connectivity index is 1.60. The van der Waals surface area contributed by atoms with Crippen LogP contribution in [0.1, 0.15) is 18.5 Å². The van der Waals surface area contributed by atoms with Crippen molar-refractivity contribution in [2.45, 2.75) is 23.4 Å². The monoisotopic (exact) mass is 391 g/mol. The fraction of sp³-hybridized carbons (Fsp3) is 0.294. The second-order valence-corrected chi connectivity index (χ2v) is 7.17. The van der Waals surface area contributed by atoms with E-state index >= 15 is 0 Å². The highest BCUT2D eigenvalue weighted by atomic mass is 32.2. The molecule has 2 heterocycles. The molecule has 7 nitrogen and oxygen atoms in total. The molecule has 0 aliphatic carbocycles. The molecule has 0 bridgehead atoms. The molecule has 26 heavy (non-hydrogen) atoms. The normalized spacial score (nSPS) is 10.7. The number of ether oxygens (including phenoxy) is 2. The van der Waals surface area contributed by atoms with Gasteiger partial charge in [0.05, 0.1) is 37.1 Å². The molecule has 0 fully saturated rings. The average molecular weight is 391 g/mol. The van der Waals surface area contributed by atoms with Crippen molar-refractivity contribution in [1.82, 2.24) is 15.1 Å². The highest BCUT2D eigenvalue weighted by Crippen LogP contribution is 2.29. The molecule has 1 aromatic carbocycles. The summed E-state index contributed by atoms with van der Waals surface area (Å²) in [6.45, 7) is 2.15. The molecule has 0 aliphatic heterocycles. The highest BCUT2D eigenvalue weighted by Gasteiger charge is 2.14. The van der Waals surface area contributed by atoms with Gasteiger partial charge in [0.25, 0.3) is 0 Å². The maximum absolute atomic E-state index is 11.5. The predicted molar refractivity (Wildman–Crippen MR) is 98.3 cm³/mol.